The molecule has 0 bridgehead atoms. The van der Waals surface area contributed by atoms with Crippen molar-refractivity contribution < 1.29 is 4.74 Å². The highest BCUT2D eigenvalue weighted by molar-refractivity contribution is 6.30. The van der Waals surface area contributed by atoms with Crippen LogP contribution < -0.4 is 4.90 Å². The highest BCUT2D eigenvalue weighted by atomic mass is 35.5. The van der Waals surface area contributed by atoms with Gasteiger partial charge in [0, 0.05) is 22.8 Å². The highest BCUT2D eigenvalue weighted by Crippen LogP contribution is 2.42. The van der Waals surface area contributed by atoms with Gasteiger partial charge in [-0.05, 0) is 55.5 Å². The first-order valence-corrected chi connectivity index (χ1v) is 9.04. The summed E-state index contributed by atoms with van der Waals surface area (Å²) in [5, 5.41) is 0.763. The van der Waals surface area contributed by atoms with Gasteiger partial charge in [0.1, 0.15) is 0 Å². The summed E-state index contributed by atoms with van der Waals surface area (Å²) in [6.45, 7) is 9.24. The van der Waals surface area contributed by atoms with Gasteiger partial charge < -0.3 is 9.64 Å². The monoisotopic (exact) mass is 343 g/mol. The van der Waals surface area contributed by atoms with Crippen LogP contribution in [0.25, 0.3) is 0 Å². The Balaban J connectivity index is 1.63. The molecule has 2 aromatic carbocycles. The minimum absolute atomic E-state index is 0.150. The lowest BCUT2D eigenvalue weighted by Gasteiger charge is -2.47. The Bertz CT molecular complexity index is 680. The molecule has 3 rings (SSSR count). The van der Waals surface area contributed by atoms with E-state index in [0.717, 1.165) is 23.7 Å². The second-order valence-corrected chi connectivity index (χ2v) is 7.74. The second kappa shape index (κ2) is 7.16. The number of hydrogen-bond donors (Lipinski definition) is 0. The third-order valence-electron chi connectivity index (χ3n) is 4.94. The molecule has 2 nitrogen and oxygen atoms in total. The largest absolute Gasteiger partial charge is 0.375 e. The molecule has 1 heterocycles. The van der Waals surface area contributed by atoms with Crippen LogP contribution in [0.15, 0.2) is 48.5 Å². The Hall–Kier alpha value is -1.51. The van der Waals surface area contributed by atoms with E-state index < -0.39 is 0 Å². The summed E-state index contributed by atoms with van der Waals surface area (Å²) in [6.07, 6.45) is 1.17. The lowest BCUT2D eigenvalue weighted by molar-refractivity contribution is 0.122. The van der Waals surface area contributed by atoms with Crippen LogP contribution in [0.1, 0.15) is 44.2 Å². The SMILES string of the molecule is CC1CC(C)(C)N(CCOCc2ccc(Cl)cc2)c2ccccc21. The van der Waals surface area contributed by atoms with E-state index in [4.69, 9.17) is 16.3 Å². The molecule has 3 heteroatoms. The van der Waals surface area contributed by atoms with Crippen molar-refractivity contribution in [2.75, 3.05) is 18.1 Å². The number of rotatable bonds is 5. The number of nitrogens with zero attached hydrogens (tertiary/aromatic N) is 1. The smallest absolute Gasteiger partial charge is 0.0717 e. The maximum atomic E-state index is 5.92. The van der Waals surface area contributed by atoms with E-state index in [0.29, 0.717) is 12.5 Å². The number of benzene rings is 2. The van der Waals surface area contributed by atoms with Crippen LogP contribution >= 0.6 is 11.6 Å². The molecule has 24 heavy (non-hydrogen) atoms. The molecule has 0 amide bonds. The molecule has 1 atom stereocenters. The normalized spacial score (nSPS) is 19.2. The van der Waals surface area contributed by atoms with Gasteiger partial charge in [-0.25, -0.2) is 0 Å². The van der Waals surface area contributed by atoms with Crippen LogP contribution in [0.5, 0.6) is 0 Å². The van der Waals surface area contributed by atoms with Crippen LogP contribution in [-0.4, -0.2) is 18.7 Å². The topological polar surface area (TPSA) is 12.5 Å². The molecule has 0 spiro atoms. The van der Waals surface area contributed by atoms with Crippen molar-refractivity contribution >= 4 is 17.3 Å². The van der Waals surface area contributed by atoms with Crippen molar-refractivity contribution in [3.05, 3.63) is 64.7 Å². The quantitative estimate of drug-likeness (QED) is 0.650. The number of ether oxygens (including phenoxy) is 1. The zero-order valence-corrected chi connectivity index (χ0v) is 15.5. The third kappa shape index (κ3) is 3.76. The minimum Gasteiger partial charge on any atom is -0.375 e. The van der Waals surface area contributed by atoms with E-state index in [1.165, 1.54) is 17.7 Å². The Morgan fingerprint density at radius 2 is 1.83 bits per heavy atom. The fourth-order valence-corrected chi connectivity index (χ4v) is 3.92. The zero-order valence-electron chi connectivity index (χ0n) is 14.8. The number of hydrogen-bond acceptors (Lipinski definition) is 2. The van der Waals surface area contributed by atoms with Crippen molar-refractivity contribution in [2.24, 2.45) is 0 Å². The summed E-state index contributed by atoms with van der Waals surface area (Å²) in [6, 6.07) is 16.6. The van der Waals surface area contributed by atoms with Gasteiger partial charge in [-0.1, -0.05) is 48.9 Å². The summed E-state index contributed by atoms with van der Waals surface area (Å²) in [7, 11) is 0. The number of fused-ring (bicyclic) bond motifs is 1. The summed E-state index contributed by atoms with van der Waals surface area (Å²) >= 11 is 5.92. The molecule has 128 valence electrons. The number of para-hydroxylation sites is 1. The van der Waals surface area contributed by atoms with Crippen molar-refractivity contribution in [1.82, 2.24) is 0 Å². The highest BCUT2D eigenvalue weighted by Gasteiger charge is 2.35. The fourth-order valence-electron chi connectivity index (χ4n) is 3.80. The summed E-state index contributed by atoms with van der Waals surface area (Å²) in [5.41, 5.74) is 4.12. The second-order valence-electron chi connectivity index (χ2n) is 7.31. The van der Waals surface area contributed by atoms with Gasteiger partial charge >= 0.3 is 0 Å². The maximum absolute atomic E-state index is 5.92. The van der Waals surface area contributed by atoms with Gasteiger partial charge in [-0.15, -0.1) is 0 Å². The first-order chi connectivity index (χ1) is 11.5. The molecule has 1 aliphatic rings. The van der Waals surface area contributed by atoms with Gasteiger partial charge in [0.25, 0.3) is 0 Å². The van der Waals surface area contributed by atoms with E-state index in [2.05, 4.69) is 49.9 Å². The maximum Gasteiger partial charge on any atom is 0.0717 e. The van der Waals surface area contributed by atoms with Crippen molar-refractivity contribution in [3.8, 4) is 0 Å². The number of anilines is 1. The lowest BCUT2D eigenvalue weighted by atomic mass is 9.80. The van der Waals surface area contributed by atoms with Gasteiger partial charge in [0.2, 0.25) is 0 Å². The van der Waals surface area contributed by atoms with E-state index in [-0.39, 0.29) is 5.54 Å². The Morgan fingerprint density at radius 3 is 2.58 bits per heavy atom. The predicted octanol–water partition coefficient (Wildman–Crippen LogP) is 5.65. The van der Waals surface area contributed by atoms with E-state index in [1.54, 1.807) is 0 Å². The van der Waals surface area contributed by atoms with Gasteiger partial charge in [-0.3, -0.25) is 0 Å². The standard InChI is InChI=1S/C21H26ClNO/c1-16-14-21(2,3)23(20-7-5-4-6-19(16)20)12-13-24-15-17-8-10-18(22)11-9-17/h4-11,16H,12-15H2,1-3H3. The van der Waals surface area contributed by atoms with Crippen LogP contribution in [-0.2, 0) is 11.3 Å². The molecule has 0 aliphatic carbocycles. The van der Waals surface area contributed by atoms with E-state index >= 15 is 0 Å². The molecule has 0 N–H and O–H groups in total. The Labute approximate surface area is 150 Å². The lowest BCUT2D eigenvalue weighted by Crippen LogP contribution is -2.49. The van der Waals surface area contributed by atoms with E-state index in [1.807, 2.05) is 24.3 Å². The van der Waals surface area contributed by atoms with Gasteiger partial charge in [0.05, 0.1) is 13.2 Å². The predicted molar refractivity (Wildman–Crippen MR) is 102 cm³/mol. The number of halogens is 1. The molecule has 1 aliphatic heterocycles. The van der Waals surface area contributed by atoms with Crippen molar-refractivity contribution in [3.63, 3.8) is 0 Å². The summed E-state index contributed by atoms with van der Waals surface area (Å²) in [5.74, 6) is 0.599. The fraction of sp³-hybridized carbons (Fsp3) is 0.429. The average Bonchev–Trinajstić information content (AvgIpc) is 2.55. The van der Waals surface area contributed by atoms with Crippen molar-refractivity contribution in [1.29, 1.82) is 0 Å². The molecular formula is C21H26ClNO. The Kier molecular flexibility index (Phi) is 5.17. The molecule has 0 saturated heterocycles. The molecule has 0 radical (unpaired) electrons. The van der Waals surface area contributed by atoms with E-state index in [9.17, 15) is 0 Å². The van der Waals surface area contributed by atoms with Gasteiger partial charge in [0.15, 0.2) is 0 Å². The Morgan fingerprint density at radius 1 is 1.12 bits per heavy atom. The third-order valence-corrected chi connectivity index (χ3v) is 5.19. The molecular weight excluding hydrogens is 318 g/mol. The zero-order chi connectivity index (χ0) is 17.2. The van der Waals surface area contributed by atoms with Crippen LogP contribution in [0.3, 0.4) is 0 Å². The molecule has 2 aromatic rings. The molecule has 0 fully saturated rings. The summed E-state index contributed by atoms with van der Waals surface area (Å²) in [4.78, 5) is 2.50. The van der Waals surface area contributed by atoms with Crippen molar-refractivity contribution in [2.45, 2.75) is 45.3 Å². The van der Waals surface area contributed by atoms with Crippen LogP contribution in [0.4, 0.5) is 5.69 Å². The first-order valence-electron chi connectivity index (χ1n) is 8.66. The average molecular weight is 344 g/mol. The summed E-state index contributed by atoms with van der Waals surface area (Å²) < 4.78 is 5.91. The van der Waals surface area contributed by atoms with Crippen LogP contribution in [0, 0.1) is 0 Å². The van der Waals surface area contributed by atoms with Gasteiger partial charge in [-0.2, -0.15) is 0 Å². The minimum atomic E-state index is 0.150. The van der Waals surface area contributed by atoms with Crippen LogP contribution in [0.2, 0.25) is 5.02 Å². The molecule has 0 aromatic heterocycles. The molecule has 0 saturated carbocycles. The molecule has 1 unspecified atom stereocenters. The first kappa shape index (κ1) is 17.3.